The van der Waals surface area contributed by atoms with E-state index >= 15 is 0 Å². The van der Waals surface area contributed by atoms with Gasteiger partial charge >= 0.3 is 0 Å². The third-order valence-corrected chi connectivity index (χ3v) is 4.55. The highest BCUT2D eigenvalue weighted by Gasteiger charge is 2.16. The molecule has 0 unspecified atom stereocenters. The Bertz CT molecular complexity index is 778. The summed E-state index contributed by atoms with van der Waals surface area (Å²) in [5, 5.41) is 7.11. The zero-order valence-electron chi connectivity index (χ0n) is 14.0. The van der Waals surface area contributed by atoms with Crippen LogP contribution < -0.4 is 16.2 Å². The van der Waals surface area contributed by atoms with Crippen molar-refractivity contribution in [3.05, 3.63) is 45.7 Å². The van der Waals surface area contributed by atoms with E-state index in [2.05, 4.69) is 20.5 Å². The van der Waals surface area contributed by atoms with Crippen molar-refractivity contribution in [2.75, 3.05) is 39.3 Å². The van der Waals surface area contributed by atoms with Crippen LogP contribution >= 0.6 is 0 Å². The minimum atomic E-state index is -0.328. The van der Waals surface area contributed by atoms with Crippen LogP contribution in [0.1, 0.15) is 22.3 Å². The first-order valence-corrected chi connectivity index (χ1v) is 8.49. The summed E-state index contributed by atoms with van der Waals surface area (Å²) in [5.74, 6) is -0.292. The van der Waals surface area contributed by atoms with Crippen molar-refractivity contribution in [3.8, 4) is 0 Å². The number of hydrogen-bond acceptors (Lipinski definition) is 4. The molecule has 2 aromatic rings. The van der Waals surface area contributed by atoms with Crippen LogP contribution in [0, 0.1) is 6.92 Å². The van der Waals surface area contributed by atoms with E-state index in [-0.39, 0.29) is 17.0 Å². The molecule has 128 valence electrons. The molecule has 1 aromatic carbocycles. The maximum atomic E-state index is 12.4. The molecule has 1 aliphatic heterocycles. The number of pyridine rings is 1. The van der Waals surface area contributed by atoms with Gasteiger partial charge in [-0.2, -0.15) is 0 Å². The number of para-hydroxylation sites is 1. The van der Waals surface area contributed by atoms with E-state index in [0.717, 1.165) is 55.6 Å². The summed E-state index contributed by atoms with van der Waals surface area (Å²) in [4.78, 5) is 29.8. The number of nitrogens with one attached hydrogen (secondary N) is 3. The molecule has 3 N–H and O–H groups in total. The lowest BCUT2D eigenvalue weighted by atomic mass is 10.0. The molecule has 0 radical (unpaired) electrons. The first kappa shape index (κ1) is 16.7. The monoisotopic (exact) mass is 328 g/mol. The van der Waals surface area contributed by atoms with E-state index in [9.17, 15) is 9.59 Å². The number of aromatic amines is 1. The average Bonchev–Trinajstić information content (AvgIpc) is 2.60. The van der Waals surface area contributed by atoms with E-state index in [1.54, 1.807) is 0 Å². The molecule has 1 saturated heterocycles. The van der Waals surface area contributed by atoms with Gasteiger partial charge in [-0.3, -0.25) is 9.59 Å². The van der Waals surface area contributed by atoms with Crippen molar-refractivity contribution in [1.82, 2.24) is 20.5 Å². The van der Waals surface area contributed by atoms with E-state index in [4.69, 9.17) is 0 Å². The number of H-pyrrole nitrogens is 1. The minimum absolute atomic E-state index is 0.218. The fourth-order valence-corrected chi connectivity index (χ4v) is 3.21. The lowest BCUT2D eigenvalue weighted by Crippen LogP contribution is -2.44. The molecule has 24 heavy (non-hydrogen) atoms. The van der Waals surface area contributed by atoms with Crippen LogP contribution in [-0.2, 0) is 0 Å². The number of aryl methyl sites for hydroxylation is 1. The largest absolute Gasteiger partial charge is 0.352 e. The Labute approximate surface area is 141 Å². The highest BCUT2D eigenvalue weighted by Crippen LogP contribution is 2.16. The maximum absolute atomic E-state index is 12.4. The second kappa shape index (κ2) is 7.59. The van der Waals surface area contributed by atoms with E-state index < -0.39 is 0 Å². The van der Waals surface area contributed by atoms with Gasteiger partial charge in [-0.05, 0) is 31.5 Å². The van der Waals surface area contributed by atoms with Gasteiger partial charge in [-0.1, -0.05) is 18.2 Å². The fraction of sp³-hybridized carbons (Fsp3) is 0.444. The summed E-state index contributed by atoms with van der Waals surface area (Å²) >= 11 is 0. The molecule has 1 aliphatic rings. The van der Waals surface area contributed by atoms with Crippen molar-refractivity contribution in [2.45, 2.75) is 13.3 Å². The van der Waals surface area contributed by atoms with Crippen LogP contribution in [0.25, 0.3) is 10.9 Å². The predicted octanol–water partition coefficient (Wildman–Crippen LogP) is 0.862. The molecule has 0 bridgehead atoms. The molecule has 0 aliphatic carbocycles. The number of fused-ring (bicyclic) bond motifs is 1. The van der Waals surface area contributed by atoms with Gasteiger partial charge < -0.3 is 20.5 Å². The molecule has 0 atom stereocenters. The zero-order chi connectivity index (χ0) is 16.9. The van der Waals surface area contributed by atoms with Gasteiger partial charge in [0.2, 0.25) is 0 Å². The van der Waals surface area contributed by atoms with Crippen LogP contribution in [0.15, 0.2) is 29.1 Å². The lowest BCUT2D eigenvalue weighted by Gasteiger charge is -2.27. The zero-order valence-corrected chi connectivity index (χ0v) is 14.0. The molecular formula is C18H24N4O2. The second-order valence-electron chi connectivity index (χ2n) is 6.20. The molecule has 2 heterocycles. The second-order valence-corrected chi connectivity index (χ2v) is 6.20. The smallest absolute Gasteiger partial charge is 0.261 e. The molecule has 6 nitrogen and oxygen atoms in total. The van der Waals surface area contributed by atoms with Gasteiger partial charge in [0.1, 0.15) is 5.56 Å². The third-order valence-electron chi connectivity index (χ3n) is 4.55. The summed E-state index contributed by atoms with van der Waals surface area (Å²) in [6.45, 7) is 7.53. The number of piperazine rings is 1. The lowest BCUT2D eigenvalue weighted by molar-refractivity contribution is 0.0949. The van der Waals surface area contributed by atoms with Gasteiger partial charge in [0.25, 0.3) is 11.5 Å². The quantitative estimate of drug-likeness (QED) is 0.712. The number of nitrogens with zero attached hydrogens (tertiary/aromatic N) is 1. The molecular weight excluding hydrogens is 304 g/mol. The number of rotatable bonds is 5. The van der Waals surface area contributed by atoms with Crippen LogP contribution in [0.5, 0.6) is 0 Å². The summed E-state index contributed by atoms with van der Waals surface area (Å²) in [6.07, 6.45) is 0.885. The molecule has 1 fully saturated rings. The Balaban J connectivity index is 1.62. The number of carbonyl (C=O) groups excluding carboxylic acids is 1. The van der Waals surface area contributed by atoms with Crippen molar-refractivity contribution >= 4 is 16.8 Å². The SMILES string of the molecule is Cc1c(C(=O)NCCCN2CCNCC2)c(=O)[nH]c2ccccc12. The van der Waals surface area contributed by atoms with Gasteiger partial charge in [-0.15, -0.1) is 0 Å². The van der Waals surface area contributed by atoms with Gasteiger partial charge in [0, 0.05) is 43.6 Å². The molecule has 0 saturated carbocycles. The number of aromatic nitrogens is 1. The Morgan fingerprint density at radius 2 is 2.00 bits per heavy atom. The van der Waals surface area contributed by atoms with E-state index in [1.165, 1.54) is 0 Å². The first-order chi connectivity index (χ1) is 11.7. The van der Waals surface area contributed by atoms with Crippen molar-refractivity contribution < 1.29 is 4.79 Å². The minimum Gasteiger partial charge on any atom is -0.352 e. The highest BCUT2D eigenvalue weighted by molar-refractivity contribution is 5.99. The Hall–Kier alpha value is -2.18. The van der Waals surface area contributed by atoms with Crippen molar-refractivity contribution in [2.24, 2.45) is 0 Å². The number of hydrogen-bond donors (Lipinski definition) is 3. The Morgan fingerprint density at radius 1 is 1.25 bits per heavy atom. The normalized spacial score (nSPS) is 15.5. The summed E-state index contributed by atoms with van der Waals surface area (Å²) in [5.41, 5.74) is 1.38. The van der Waals surface area contributed by atoms with Gasteiger partial charge in [-0.25, -0.2) is 0 Å². The molecule has 1 amide bonds. The fourth-order valence-electron chi connectivity index (χ4n) is 3.21. The molecule has 1 aromatic heterocycles. The Morgan fingerprint density at radius 3 is 2.79 bits per heavy atom. The van der Waals surface area contributed by atoms with Crippen LogP contribution in [0.2, 0.25) is 0 Å². The van der Waals surface area contributed by atoms with Gasteiger partial charge in [0.15, 0.2) is 0 Å². The van der Waals surface area contributed by atoms with Crippen LogP contribution in [-0.4, -0.2) is 55.1 Å². The number of amides is 1. The molecule has 6 heteroatoms. The Kier molecular flexibility index (Phi) is 5.27. The number of benzene rings is 1. The van der Waals surface area contributed by atoms with Crippen molar-refractivity contribution in [3.63, 3.8) is 0 Å². The standard InChI is InChI=1S/C18H24N4O2/c1-13-14-5-2-3-6-15(14)21-18(24)16(13)17(23)20-7-4-10-22-11-8-19-9-12-22/h2-3,5-6,19H,4,7-12H2,1H3,(H,20,23)(H,21,24). The number of carbonyl (C=O) groups is 1. The predicted molar refractivity (Wildman–Crippen MR) is 95.6 cm³/mol. The highest BCUT2D eigenvalue weighted by atomic mass is 16.2. The average molecular weight is 328 g/mol. The molecule has 0 spiro atoms. The van der Waals surface area contributed by atoms with Crippen LogP contribution in [0.3, 0.4) is 0 Å². The third kappa shape index (κ3) is 3.66. The van der Waals surface area contributed by atoms with Crippen molar-refractivity contribution in [1.29, 1.82) is 0 Å². The van der Waals surface area contributed by atoms with Gasteiger partial charge in [0.05, 0.1) is 0 Å². The van der Waals surface area contributed by atoms with Crippen LogP contribution in [0.4, 0.5) is 0 Å². The van der Waals surface area contributed by atoms with E-state index in [1.807, 2.05) is 31.2 Å². The van der Waals surface area contributed by atoms with E-state index in [0.29, 0.717) is 6.54 Å². The summed E-state index contributed by atoms with van der Waals surface area (Å²) in [6, 6.07) is 7.54. The molecule has 3 rings (SSSR count). The summed E-state index contributed by atoms with van der Waals surface area (Å²) < 4.78 is 0. The summed E-state index contributed by atoms with van der Waals surface area (Å²) in [7, 11) is 0. The topological polar surface area (TPSA) is 77.2 Å². The first-order valence-electron chi connectivity index (χ1n) is 8.49. The maximum Gasteiger partial charge on any atom is 0.261 e.